The zero-order chi connectivity index (χ0) is 34.3. The zero-order valence-electron chi connectivity index (χ0n) is 28.9. The smallest absolute Gasteiger partial charge is 0.511 e. The Hall–Kier alpha value is -4.15. The number of carbonyl (C=O) groups is 1. The van der Waals surface area contributed by atoms with Crippen LogP contribution in [0.2, 0.25) is 39.3 Å². The standard InChI is InChI=1S/C34H36N3Si2.C6H5NO2.Ir/c1-36-20-21-37(24-36)34(33-15-11-14-32(35-33)25-12-9-8-10-13-25)30-18-16-26(38(2,3)4)22-28(30)29-23-27(39(5,6)7)17-19-31(29)34;8-6(9)5-3-1-2-4-7-5;/h8-12,14-18,20-24H,1-7H3;1-4H,(H,8,9);/q-3;;+3/t34-;;/m1../s1. The predicted octanol–water partition coefficient (Wildman–Crippen LogP) is 7.33. The van der Waals surface area contributed by atoms with Crippen molar-refractivity contribution in [3.8, 4) is 22.4 Å². The predicted molar refractivity (Wildman–Crippen MR) is 199 cm³/mol. The van der Waals surface area contributed by atoms with Crippen LogP contribution in [0.15, 0.2) is 110 Å². The Balaban J connectivity index is 0.000000409. The Morgan fingerprint density at radius 1 is 0.837 bits per heavy atom. The van der Waals surface area contributed by atoms with Gasteiger partial charge in [-0.2, -0.15) is 30.1 Å². The van der Waals surface area contributed by atoms with Crippen LogP contribution in [0.4, 0.5) is 0 Å². The SMILES string of the molecule is CN1C=CN([C@@]2(c3cccc(-c4[c-]cccc4)n3)c3[c-]cc([Si](C)(C)C)cc3-c3cc([Si](C)(C)C)ccc32)[CH-]1.O=C(O)c1ccccn1.[Ir+3]. The fourth-order valence-corrected chi connectivity index (χ4v) is 8.51. The maximum absolute atomic E-state index is 10.1. The van der Waals surface area contributed by atoms with Gasteiger partial charge in [0.15, 0.2) is 0 Å². The summed E-state index contributed by atoms with van der Waals surface area (Å²) in [5.41, 5.74) is 7.41. The molecule has 3 heterocycles. The molecule has 0 saturated carbocycles. The summed E-state index contributed by atoms with van der Waals surface area (Å²) in [7, 11) is -1.01. The third-order valence-electron chi connectivity index (χ3n) is 8.88. The Morgan fingerprint density at radius 3 is 2.16 bits per heavy atom. The van der Waals surface area contributed by atoms with Gasteiger partial charge in [-0.1, -0.05) is 86.4 Å². The van der Waals surface area contributed by atoms with Crippen molar-refractivity contribution in [3.63, 3.8) is 0 Å². The second-order valence-electron chi connectivity index (χ2n) is 14.3. The van der Waals surface area contributed by atoms with Crippen LogP contribution in [0.5, 0.6) is 0 Å². The van der Waals surface area contributed by atoms with Crippen molar-refractivity contribution in [1.29, 1.82) is 0 Å². The summed E-state index contributed by atoms with van der Waals surface area (Å²) >= 11 is 0. The molecule has 0 unspecified atom stereocenters. The molecule has 0 fully saturated rings. The van der Waals surface area contributed by atoms with E-state index in [-0.39, 0.29) is 25.8 Å². The van der Waals surface area contributed by atoms with Crippen LogP contribution in [0, 0.1) is 18.8 Å². The molecule has 0 bridgehead atoms. The molecular weight excluding hydrogens is 817 g/mol. The van der Waals surface area contributed by atoms with E-state index in [0.717, 1.165) is 17.0 Å². The van der Waals surface area contributed by atoms with Gasteiger partial charge in [0.1, 0.15) is 5.69 Å². The number of nitrogens with zero attached hydrogens (tertiary/aromatic N) is 4. The minimum atomic E-state index is -1.55. The molecule has 3 aromatic carbocycles. The maximum atomic E-state index is 10.1. The van der Waals surface area contributed by atoms with E-state index in [4.69, 9.17) is 10.1 Å². The van der Waals surface area contributed by atoms with E-state index in [9.17, 15) is 4.79 Å². The van der Waals surface area contributed by atoms with Gasteiger partial charge in [-0.05, 0) is 48.9 Å². The first kappa shape index (κ1) is 36.1. The number of benzene rings is 3. The van der Waals surface area contributed by atoms with Crippen molar-refractivity contribution in [2.45, 2.75) is 44.8 Å². The van der Waals surface area contributed by atoms with Crippen molar-refractivity contribution in [2.75, 3.05) is 7.05 Å². The minimum Gasteiger partial charge on any atom is -0.511 e. The molecule has 1 N–H and O–H groups in total. The summed E-state index contributed by atoms with van der Waals surface area (Å²) < 4.78 is 0. The number of hydrogen-bond acceptors (Lipinski definition) is 5. The van der Waals surface area contributed by atoms with Gasteiger partial charge in [0, 0.05) is 14.3 Å². The molecule has 49 heavy (non-hydrogen) atoms. The van der Waals surface area contributed by atoms with Gasteiger partial charge in [-0.15, -0.1) is 47.0 Å². The molecule has 1 aliphatic heterocycles. The molecule has 0 radical (unpaired) electrons. The largest absolute Gasteiger partial charge is 3.00 e. The average molecular weight is 858 g/mol. The third-order valence-corrected chi connectivity index (χ3v) is 12.9. The van der Waals surface area contributed by atoms with Crippen LogP contribution in [0.25, 0.3) is 22.4 Å². The Bertz CT molecular complexity index is 1930. The van der Waals surface area contributed by atoms with Gasteiger partial charge in [0.2, 0.25) is 0 Å². The van der Waals surface area contributed by atoms with Crippen molar-refractivity contribution < 1.29 is 30.0 Å². The number of fused-ring (bicyclic) bond motifs is 3. The number of hydrogen-bond donors (Lipinski definition) is 1. The molecule has 2 aliphatic rings. The third kappa shape index (κ3) is 6.99. The number of carboxylic acids is 1. The molecule has 0 spiro atoms. The molecular formula is C40H41IrN4O2Si2. The van der Waals surface area contributed by atoms with E-state index in [2.05, 4.69) is 147 Å². The first-order chi connectivity index (χ1) is 22.8. The minimum absolute atomic E-state index is 0. The number of pyridine rings is 2. The number of aromatic carboxylic acids is 1. The van der Waals surface area contributed by atoms with Crippen molar-refractivity contribution >= 4 is 32.5 Å². The maximum Gasteiger partial charge on any atom is 3.00 e. The molecule has 0 saturated heterocycles. The van der Waals surface area contributed by atoms with Crippen LogP contribution < -0.4 is 10.4 Å². The molecule has 1 aliphatic carbocycles. The van der Waals surface area contributed by atoms with Crippen LogP contribution >= 0.6 is 0 Å². The first-order valence-electron chi connectivity index (χ1n) is 16.1. The van der Waals surface area contributed by atoms with Crippen LogP contribution in [0.3, 0.4) is 0 Å². The van der Waals surface area contributed by atoms with Crippen LogP contribution in [0.1, 0.15) is 27.3 Å². The fourth-order valence-electron chi connectivity index (χ4n) is 6.27. The van der Waals surface area contributed by atoms with Gasteiger partial charge in [0.25, 0.3) is 0 Å². The molecule has 0 amide bonds. The molecule has 9 heteroatoms. The summed E-state index contributed by atoms with van der Waals surface area (Å²) in [5.74, 6) is -0.990. The van der Waals surface area contributed by atoms with E-state index >= 15 is 0 Å². The first-order valence-corrected chi connectivity index (χ1v) is 23.1. The zero-order valence-corrected chi connectivity index (χ0v) is 33.3. The monoisotopic (exact) mass is 858 g/mol. The topological polar surface area (TPSA) is 69.6 Å². The van der Waals surface area contributed by atoms with Gasteiger partial charge >= 0.3 is 26.1 Å². The average Bonchev–Trinajstić information content (AvgIpc) is 3.64. The van der Waals surface area contributed by atoms with Crippen molar-refractivity contribution in [2.24, 2.45) is 0 Å². The number of carboxylic acid groups (broad SMARTS) is 1. The number of rotatable bonds is 6. The van der Waals surface area contributed by atoms with Gasteiger partial charge in [-0.3, -0.25) is 4.98 Å². The summed E-state index contributed by atoms with van der Waals surface area (Å²) in [6.45, 7) is 16.7. The molecule has 6 nitrogen and oxygen atoms in total. The second kappa shape index (κ2) is 14.0. The molecule has 1 atom stereocenters. The Kier molecular flexibility index (Phi) is 10.3. The van der Waals surface area contributed by atoms with Crippen LogP contribution in [-0.2, 0) is 25.6 Å². The Morgan fingerprint density at radius 2 is 1.57 bits per heavy atom. The van der Waals surface area contributed by atoms with Gasteiger partial charge < -0.3 is 14.9 Å². The van der Waals surface area contributed by atoms with E-state index in [1.807, 2.05) is 18.2 Å². The van der Waals surface area contributed by atoms with Gasteiger partial charge in [-0.25, -0.2) is 9.78 Å². The van der Waals surface area contributed by atoms with Crippen molar-refractivity contribution in [1.82, 2.24) is 19.8 Å². The van der Waals surface area contributed by atoms with Gasteiger partial charge in [0.05, 0.1) is 19.3 Å². The summed E-state index contributed by atoms with van der Waals surface area (Å²) in [4.78, 5) is 23.5. The molecule has 5 aromatic rings. The van der Waals surface area contributed by atoms with E-state index < -0.39 is 27.7 Å². The van der Waals surface area contributed by atoms with Crippen molar-refractivity contribution in [3.05, 3.63) is 151 Å². The van der Waals surface area contributed by atoms with E-state index in [1.54, 1.807) is 12.1 Å². The normalized spacial score (nSPS) is 16.3. The van der Waals surface area contributed by atoms with E-state index in [1.165, 1.54) is 44.9 Å². The fraction of sp³-hybridized carbons (Fsp3) is 0.200. The summed E-state index contributed by atoms with van der Waals surface area (Å²) in [5, 5.41) is 11.2. The molecule has 2 aromatic heterocycles. The number of aromatic nitrogens is 2. The summed E-state index contributed by atoms with van der Waals surface area (Å²) in [6.07, 6.45) is 5.74. The Labute approximate surface area is 305 Å². The van der Waals surface area contributed by atoms with E-state index in [0.29, 0.717) is 0 Å². The molecule has 7 rings (SSSR count). The van der Waals surface area contributed by atoms with Crippen LogP contribution in [-0.4, -0.2) is 54.0 Å². The second-order valence-corrected chi connectivity index (χ2v) is 24.5. The summed E-state index contributed by atoms with van der Waals surface area (Å²) in [6, 6.07) is 38.4. The molecule has 250 valence electrons. The quantitative estimate of drug-likeness (QED) is 0.143.